The Morgan fingerprint density at radius 3 is 2.67 bits per heavy atom. The van der Waals surface area contributed by atoms with Crippen molar-refractivity contribution >= 4 is 5.91 Å². The molecule has 0 bridgehead atoms. The SMILES string of the molecule is CN1CC2(CC1c1noc(-c3ccccc3)n1)CN(C(=O)c1cc(F)ccc1F)C2. The van der Waals surface area contributed by atoms with Crippen molar-refractivity contribution in [2.24, 2.45) is 5.41 Å². The zero-order valence-corrected chi connectivity index (χ0v) is 16.4. The number of carbonyl (C=O) groups excluding carboxylic acids is 1. The average molecular weight is 410 g/mol. The van der Waals surface area contributed by atoms with Gasteiger partial charge < -0.3 is 9.42 Å². The van der Waals surface area contributed by atoms with Crippen LogP contribution in [0.5, 0.6) is 0 Å². The molecular formula is C22H20F2N4O2. The number of hydrogen-bond donors (Lipinski definition) is 0. The van der Waals surface area contributed by atoms with Gasteiger partial charge in [0.2, 0.25) is 0 Å². The fourth-order valence-electron chi connectivity index (χ4n) is 4.59. The van der Waals surface area contributed by atoms with Crippen molar-refractivity contribution in [3.8, 4) is 11.5 Å². The summed E-state index contributed by atoms with van der Waals surface area (Å²) in [5.41, 5.74) is 0.537. The maximum atomic E-state index is 13.9. The van der Waals surface area contributed by atoms with Gasteiger partial charge in [-0.3, -0.25) is 9.69 Å². The lowest BCUT2D eigenvalue weighted by molar-refractivity contribution is 0.0111. The third kappa shape index (κ3) is 3.17. The van der Waals surface area contributed by atoms with Gasteiger partial charge in [0.1, 0.15) is 11.6 Å². The molecule has 8 heteroatoms. The Morgan fingerprint density at radius 2 is 1.90 bits per heavy atom. The first-order valence-electron chi connectivity index (χ1n) is 9.78. The Hall–Kier alpha value is -3.13. The molecule has 1 aromatic heterocycles. The van der Waals surface area contributed by atoms with E-state index in [1.165, 1.54) is 0 Å². The normalized spacial score (nSPS) is 20.5. The van der Waals surface area contributed by atoms with Crippen molar-refractivity contribution in [1.82, 2.24) is 19.9 Å². The number of aromatic nitrogens is 2. The smallest absolute Gasteiger partial charge is 0.257 e. The fourth-order valence-corrected chi connectivity index (χ4v) is 4.59. The molecule has 2 aromatic carbocycles. The van der Waals surface area contributed by atoms with Crippen molar-refractivity contribution in [2.45, 2.75) is 12.5 Å². The molecule has 1 atom stereocenters. The highest BCUT2D eigenvalue weighted by atomic mass is 19.1. The van der Waals surface area contributed by atoms with E-state index in [1.807, 2.05) is 37.4 Å². The van der Waals surface area contributed by atoms with Gasteiger partial charge >= 0.3 is 0 Å². The van der Waals surface area contributed by atoms with Crippen LogP contribution >= 0.6 is 0 Å². The molecule has 2 fully saturated rings. The minimum atomic E-state index is -0.705. The highest BCUT2D eigenvalue weighted by Crippen LogP contribution is 2.47. The molecule has 2 aliphatic rings. The highest BCUT2D eigenvalue weighted by Gasteiger charge is 2.53. The van der Waals surface area contributed by atoms with Crippen LogP contribution < -0.4 is 0 Å². The minimum absolute atomic E-state index is 0.0191. The van der Waals surface area contributed by atoms with Crippen molar-refractivity contribution < 1.29 is 18.1 Å². The first-order valence-corrected chi connectivity index (χ1v) is 9.78. The predicted octanol–water partition coefficient (Wildman–Crippen LogP) is 3.53. The van der Waals surface area contributed by atoms with Crippen LogP contribution in [-0.2, 0) is 0 Å². The summed E-state index contributed by atoms with van der Waals surface area (Å²) in [6.07, 6.45) is 0.771. The Morgan fingerprint density at radius 1 is 1.13 bits per heavy atom. The van der Waals surface area contributed by atoms with Gasteiger partial charge in [-0.25, -0.2) is 8.78 Å². The lowest BCUT2D eigenvalue weighted by atomic mass is 9.77. The molecule has 0 saturated carbocycles. The lowest BCUT2D eigenvalue weighted by Crippen LogP contribution is -2.59. The van der Waals surface area contributed by atoms with Crippen molar-refractivity contribution in [3.05, 3.63) is 71.6 Å². The largest absolute Gasteiger partial charge is 0.337 e. The predicted molar refractivity (Wildman–Crippen MR) is 104 cm³/mol. The molecule has 2 saturated heterocycles. The molecule has 1 spiro atoms. The van der Waals surface area contributed by atoms with Crippen LogP contribution in [0.2, 0.25) is 0 Å². The van der Waals surface area contributed by atoms with Crippen molar-refractivity contribution in [2.75, 3.05) is 26.7 Å². The van der Waals surface area contributed by atoms with Crippen LogP contribution in [-0.4, -0.2) is 52.5 Å². The molecule has 154 valence electrons. The van der Waals surface area contributed by atoms with Crippen LogP contribution in [0.4, 0.5) is 8.78 Å². The van der Waals surface area contributed by atoms with E-state index < -0.39 is 17.5 Å². The second-order valence-corrected chi connectivity index (χ2v) is 8.24. The minimum Gasteiger partial charge on any atom is -0.337 e. The van der Waals surface area contributed by atoms with E-state index in [2.05, 4.69) is 15.0 Å². The lowest BCUT2D eigenvalue weighted by Gasteiger charge is -2.48. The molecule has 0 radical (unpaired) electrons. The zero-order valence-electron chi connectivity index (χ0n) is 16.4. The second-order valence-electron chi connectivity index (χ2n) is 8.24. The molecule has 1 amide bonds. The van der Waals surface area contributed by atoms with E-state index in [1.54, 1.807) is 4.90 Å². The van der Waals surface area contributed by atoms with E-state index in [0.29, 0.717) is 24.8 Å². The average Bonchev–Trinajstić information content (AvgIpc) is 3.33. The first kappa shape index (κ1) is 18.9. The van der Waals surface area contributed by atoms with Gasteiger partial charge in [-0.1, -0.05) is 23.4 Å². The Bertz CT molecular complexity index is 1100. The fraction of sp³-hybridized carbons (Fsp3) is 0.318. The van der Waals surface area contributed by atoms with E-state index in [0.717, 1.165) is 36.7 Å². The monoisotopic (exact) mass is 410 g/mol. The summed E-state index contributed by atoms with van der Waals surface area (Å²) in [4.78, 5) is 20.9. The maximum Gasteiger partial charge on any atom is 0.257 e. The molecule has 1 unspecified atom stereocenters. The number of hydrogen-bond acceptors (Lipinski definition) is 5. The Labute approximate surface area is 172 Å². The molecule has 0 aliphatic carbocycles. The standard InChI is InChI=1S/C22H20F2N4O2/c1-27-11-22(12-28(13-22)21(29)16-9-15(23)7-8-17(16)24)10-18(27)19-25-20(30-26-19)14-5-3-2-4-6-14/h2-9,18H,10-13H2,1H3. The summed E-state index contributed by atoms with van der Waals surface area (Å²) in [7, 11) is 1.99. The van der Waals surface area contributed by atoms with Crippen LogP contribution in [0.15, 0.2) is 53.1 Å². The summed E-state index contributed by atoms with van der Waals surface area (Å²) in [6.45, 7) is 1.75. The maximum absolute atomic E-state index is 13.9. The van der Waals surface area contributed by atoms with Gasteiger partial charge in [-0.2, -0.15) is 4.98 Å². The Kier molecular flexibility index (Phi) is 4.39. The second kappa shape index (κ2) is 6.98. The molecule has 2 aliphatic heterocycles. The summed E-state index contributed by atoms with van der Waals surface area (Å²) in [5.74, 6) is -0.707. The van der Waals surface area contributed by atoms with Gasteiger partial charge in [0.25, 0.3) is 11.8 Å². The summed E-state index contributed by atoms with van der Waals surface area (Å²) in [6, 6.07) is 12.5. The molecule has 3 heterocycles. The van der Waals surface area contributed by atoms with Gasteiger partial charge in [0.05, 0.1) is 11.6 Å². The Balaban J connectivity index is 1.28. The molecule has 3 aromatic rings. The van der Waals surface area contributed by atoms with E-state index >= 15 is 0 Å². The number of likely N-dealkylation sites (tertiary alicyclic amines) is 2. The summed E-state index contributed by atoms with van der Waals surface area (Å²) >= 11 is 0. The summed E-state index contributed by atoms with van der Waals surface area (Å²) < 4.78 is 32.8. The molecule has 30 heavy (non-hydrogen) atoms. The number of benzene rings is 2. The van der Waals surface area contributed by atoms with Crippen LogP contribution in [0.3, 0.4) is 0 Å². The van der Waals surface area contributed by atoms with Crippen LogP contribution in [0.25, 0.3) is 11.5 Å². The number of nitrogens with zero attached hydrogens (tertiary/aromatic N) is 4. The van der Waals surface area contributed by atoms with Crippen molar-refractivity contribution in [3.63, 3.8) is 0 Å². The molecule has 5 rings (SSSR count). The summed E-state index contributed by atoms with van der Waals surface area (Å²) in [5, 5.41) is 4.17. The van der Waals surface area contributed by atoms with Gasteiger partial charge in [-0.05, 0) is 43.8 Å². The topological polar surface area (TPSA) is 62.5 Å². The number of rotatable bonds is 3. The molecule has 6 nitrogen and oxygen atoms in total. The number of halogens is 2. The van der Waals surface area contributed by atoms with Gasteiger partial charge in [0, 0.05) is 30.6 Å². The quantitative estimate of drug-likeness (QED) is 0.661. The first-order chi connectivity index (χ1) is 14.4. The number of amides is 1. The molecular weight excluding hydrogens is 390 g/mol. The van der Waals surface area contributed by atoms with E-state index in [4.69, 9.17) is 4.52 Å². The van der Waals surface area contributed by atoms with Crippen LogP contribution in [0, 0.1) is 17.0 Å². The van der Waals surface area contributed by atoms with Gasteiger partial charge in [0.15, 0.2) is 5.82 Å². The van der Waals surface area contributed by atoms with E-state index in [9.17, 15) is 13.6 Å². The third-order valence-electron chi connectivity index (χ3n) is 6.00. The van der Waals surface area contributed by atoms with Crippen molar-refractivity contribution in [1.29, 1.82) is 0 Å². The van der Waals surface area contributed by atoms with Crippen LogP contribution in [0.1, 0.15) is 28.6 Å². The van der Waals surface area contributed by atoms with Gasteiger partial charge in [-0.15, -0.1) is 0 Å². The zero-order chi connectivity index (χ0) is 20.9. The van der Waals surface area contributed by atoms with E-state index in [-0.39, 0.29) is 17.0 Å². The number of carbonyl (C=O) groups is 1. The molecule has 0 N–H and O–H groups in total. The highest BCUT2D eigenvalue weighted by molar-refractivity contribution is 5.95. The third-order valence-corrected chi connectivity index (χ3v) is 6.00.